The first-order valence-electron chi connectivity index (χ1n) is 5.97. The maximum absolute atomic E-state index is 11.6. The Hall–Kier alpha value is -2.75. The third-order valence-corrected chi connectivity index (χ3v) is 2.56. The van der Waals surface area contributed by atoms with Gasteiger partial charge in [-0.3, -0.25) is 15.2 Å². The van der Waals surface area contributed by atoms with Crippen LogP contribution in [0.2, 0.25) is 0 Å². The van der Waals surface area contributed by atoms with Crippen LogP contribution in [-0.2, 0) is 6.54 Å². The van der Waals surface area contributed by atoms with E-state index in [0.29, 0.717) is 17.7 Å². The molecule has 2 rings (SSSR count). The predicted octanol–water partition coefficient (Wildman–Crippen LogP) is 0.892. The number of amides is 1. The first-order chi connectivity index (χ1) is 9.79. The molecule has 1 amide bonds. The largest absolute Gasteiger partial charge is 0.274 e. The number of hydrogen-bond acceptors (Lipinski definition) is 5. The summed E-state index contributed by atoms with van der Waals surface area (Å²) in [4.78, 5) is 15.5. The number of nitriles is 1. The molecule has 0 spiro atoms. The highest BCUT2D eigenvalue weighted by Crippen LogP contribution is 2.02. The average molecular weight is 267 g/mol. The number of hydrazine groups is 2. The SMILES string of the molecule is N#Cc1ccc(CNNNC(=O)c2cccnc2)cc1. The van der Waals surface area contributed by atoms with Gasteiger partial charge in [-0.2, -0.15) is 10.8 Å². The number of carbonyl (C=O) groups excluding carboxylic acids is 1. The predicted molar refractivity (Wildman–Crippen MR) is 72.8 cm³/mol. The Morgan fingerprint density at radius 1 is 1.25 bits per heavy atom. The second kappa shape index (κ2) is 6.99. The van der Waals surface area contributed by atoms with E-state index in [9.17, 15) is 4.79 Å². The lowest BCUT2D eigenvalue weighted by molar-refractivity contribution is 0.0922. The zero-order valence-corrected chi connectivity index (χ0v) is 10.6. The molecule has 1 aromatic carbocycles. The molecular weight excluding hydrogens is 254 g/mol. The lowest BCUT2D eigenvalue weighted by Gasteiger charge is -2.08. The third kappa shape index (κ3) is 3.88. The van der Waals surface area contributed by atoms with Crippen molar-refractivity contribution in [3.63, 3.8) is 0 Å². The van der Waals surface area contributed by atoms with Crippen molar-refractivity contribution in [2.75, 3.05) is 0 Å². The van der Waals surface area contributed by atoms with Gasteiger partial charge >= 0.3 is 0 Å². The molecule has 20 heavy (non-hydrogen) atoms. The van der Waals surface area contributed by atoms with Gasteiger partial charge in [0.05, 0.1) is 17.2 Å². The van der Waals surface area contributed by atoms with E-state index in [2.05, 4.69) is 27.4 Å². The van der Waals surface area contributed by atoms with Crippen LogP contribution in [0.4, 0.5) is 0 Å². The summed E-state index contributed by atoms with van der Waals surface area (Å²) in [6.45, 7) is 0.513. The van der Waals surface area contributed by atoms with Gasteiger partial charge in [0, 0.05) is 18.9 Å². The minimum Gasteiger partial charge on any atom is -0.274 e. The summed E-state index contributed by atoms with van der Waals surface area (Å²) in [6, 6.07) is 12.6. The van der Waals surface area contributed by atoms with Crippen LogP contribution in [0.1, 0.15) is 21.5 Å². The molecule has 0 unspecified atom stereocenters. The van der Waals surface area contributed by atoms with Crippen LogP contribution in [-0.4, -0.2) is 10.9 Å². The zero-order chi connectivity index (χ0) is 14.2. The normalized spacial score (nSPS) is 9.75. The van der Waals surface area contributed by atoms with Gasteiger partial charge in [-0.25, -0.2) is 5.43 Å². The van der Waals surface area contributed by atoms with E-state index in [0.717, 1.165) is 5.56 Å². The summed E-state index contributed by atoms with van der Waals surface area (Å²) in [6.07, 6.45) is 3.09. The molecule has 0 aliphatic rings. The minimum atomic E-state index is -0.273. The molecular formula is C14H13N5O. The van der Waals surface area contributed by atoms with Crippen molar-refractivity contribution in [1.29, 1.82) is 5.26 Å². The average Bonchev–Trinajstić information content (AvgIpc) is 2.53. The summed E-state index contributed by atoms with van der Waals surface area (Å²) in [5.74, 6) is -0.273. The molecule has 1 heterocycles. The molecule has 0 radical (unpaired) electrons. The van der Waals surface area contributed by atoms with E-state index in [1.54, 1.807) is 30.5 Å². The third-order valence-electron chi connectivity index (χ3n) is 2.56. The van der Waals surface area contributed by atoms with E-state index in [4.69, 9.17) is 5.26 Å². The summed E-state index contributed by atoms with van der Waals surface area (Å²) in [5.41, 5.74) is 10.1. The van der Waals surface area contributed by atoms with E-state index in [-0.39, 0.29) is 5.91 Å². The van der Waals surface area contributed by atoms with E-state index >= 15 is 0 Å². The van der Waals surface area contributed by atoms with Gasteiger partial charge in [0.25, 0.3) is 5.91 Å². The van der Waals surface area contributed by atoms with Gasteiger partial charge in [0.2, 0.25) is 0 Å². The van der Waals surface area contributed by atoms with Crippen LogP contribution in [0.25, 0.3) is 0 Å². The van der Waals surface area contributed by atoms with Gasteiger partial charge in [-0.15, -0.1) is 0 Å². The van der Waals surface area contributed by atoms with Gasteiger partial charge in [0.15, 0.2) is 0 Å². The molecule has 0 aliphatic carbocycles. The van der Waals surface area contributed by atoms with Crippen LogP contribution < -0.4 is 16.4 Å². The second-order valence-corrected chi connectivity index (χ2v) is 3.98. The molecule has 100 valence electrons. The highest BCUT2D eigenvalue weighted by Gasteiger charge is 2.03. The van der Waals surface area contributed by atoms with E-state index in [1.165, 1.54) is 6.20 Å². The lowest BCUT2D eigenvalue weighted by atomic mass is 10.1. The standard InChI is InChI=1S/C14H13N5O/c15-8-11-3-5-12(6-4-11)9-17-19-18-14(20)13-2-1-7-16-10-13/h1-7,10,17,19H,9H2,(H,18,20). The Labute approximate surface area is 116 Å². The number of rotatable bonds is 5. The Morgan fingerprint density at radius 2 is 2.05 bits per heavy atom. The van der Waals surface area contributed by atoms with Crippen LogP contribution in [0, 0.1) is 11.3 Å². The van der Waals surface area contributed by atoms with Crippen molar-refractivity contribution in [2.24, 2.45) is 0 Å². The fourth-order valence-corrected chi connectivity index (χ4v) is 1.51. The summed E-state index contributed by atoms with van der Waals surface area (Å²) < 4.78 is 0. The molecule has 0 aliphatic heterocycles. The van der Waals surface area contributed by atoms with Gasteiger partial charge in [0.1, 0.15) is 0 Å². The second-order valence-electron chi connectivity index (χ2n) is 3.98. The first kappa shape index (κ1) is 13.7. The van der Waals surface area contributed by atoms with Gasteiger partial charge in [-0.05, 0) is 29.8 Å². The highest BCUT2D eigenvalue weighted by atomic mass is 16.2. The number of benzene rings is 1. The Bertz CT molecular complexity index is 604. The number of pyridine rings is 1. The molecule has 6 heteroatoms. The molecule has 0 fully saturated rings. The van der Waals surface area contributed by atoms with E-state index < -0.39 is 0 Å². The zero-order valence-electron chi connectivity index (χ0n) is 10.6. The number of hydrogen-bond donors (Lipinski definition) is 3. The summed E-state index contributed by atoms with van der Waals surface area (Å²) in [7, 11) is 0. The van der Waals surface area contributed by atoms with Crippen molar-refractivity contribution < 1.29 is 4.79 Å². The number of nitrogens with zero attached hydrogens (tertiary/aromatic N) is 2. The number of nitrogens with one attached hydrogen (secondary N) is 3. The van der Waals surface area contributed by atoms with Crippen LogP contribution >= 0.6 is 0 Å². The maximum atomic E-state index is 11.6. The highest BCUT2D eigenvalue weighted by molar-refractivity contribution is 5.93. The van der Waals surface area contributed by atoms with Crippen molar-refractivity contribution in [3.05, 3.63) is 65.5 Å². The molecule has 0 bridgehead atoms. The molecule has 6 nitrogen and oxygen atoms in total. The van der Waals surface area contributed by atoms with Crippen molar-refractivity contribution >= 4 is 5.91 Å². The van der Waals surface area contributed by atoms with Crippen molar-refractivity contribution in [3.8, 4) is 6.07 Å². The minimum absolute atomic E-state index is 0.273. The van der Waals surface area contributed by atoms with Crippen LogP contribution in [0.3, 0.4) is 0 Å². The quantitative estimate of drug-likeness (QED) is 0.553. The van der Waals surface area contributed by atoms with Crippen LogP contribution in [0.5, 0.6) is 0 Å². The maximum Gasteiger partial charge on any atom is 0.268 e. The monoisotopic (exact) mass is 267 g/mol. The van der Waals surface area contributed by atoms with E-state index in [1.807, 2.05) is 12.1 Å². The molecule has 0 atom stereocenters. The molecule has 0 saturated heterocycles. The van der Waals surface area contributed by atoms with Crippen LogP contribution in [0.15, 0.2) is 48.8 Å². The van der Waals surface area contributed by atoms with Gasteiger partial charge < -0.3 is 0 Å². The summed E-state index contributed by atoms with van der Waals surface area (Å²) >= 11 is 0. The first-order valence-corrected chi connectivity index (χ1v) is 5.97. The summed E-state index contributed by atoms with van der Waals surface area (Å²) in [5, 5.41) is 8.68. The fraction of sp³-hybridized carbons (Fsp3) is 0.0714. The lowest BCUT2D eigenvalue weighted by Crippen LogP contribution is -2.46. The number of aromatic nitrogens is 1. The fourth-order valence-electron chi connectivity index (χ4n) is 1.51. The Kier molecular flexibility index (Phi) is 4.78. The molecule has 2 aromatic rings. The van der Waals surface area contributed by atoms with Crippen molar-refractivity contribution in [1.82, 2.24) is 21.4 Å². The molecule has 0 saturated carbocycles. The number of carbonyl (C=O) groups is 1. The Balaban J connectivity index is 1.74. The molecule has 3 N–H and O–H groups in total. The Morgan fingerprint density at radius 3 is 2.70 bits per heavy atom. The molecule has 1 aromatic heterocycles. The van der Waals surface area contributed by atoms with Gasteiger partial charge in [-0.1, -0.05) is 12.1 Å². The topological polar surface area (TPSA) is 89.8 Å². The van der Waals surface area contributed by atoms with Crippen molar-refractivity contribution in [2.45, 2.75) is 6.54 Å². The smallest absolute Gasteiger partial charge is 0.268 e.